The van der Waals surface area contributed by atoms with Crippen molar-refractivity contribution in [3.05, 3.63) is 72.2 Å². The molecule has 3 rings (SSSR count). The molecule has 0 saturated carbocycles. The standard InChI is InChI=1S/C19H23N3O/c1-19(2,23)15-21(13-16-8-4-3-5-9-16)14-17-12-20-18-10-6-7-11-22(17)18/h3-12,23H,13-15H2,1-2H3. The third-order valence-electron chi connectivity index (χ3n) is 3.74. The first-order chi connectivity index (χ1) is 11.0. The molecule has 23 heavy (non-hydrogen) atoms. The molecular weight excluding hydrogens is 286 g/mol. The van der Waals surface area contributed by atoms with Gasteiger partial charge in [-0.05, 0) is 31.5 Å². The number of fused-ring (bicyclic) bond motifs is 1. The summed E-state index contributed by atoms with van der Waals surface area (Å²) in [6, 6.07) is 16.4. The predicted molar refractivity (Wildman–Crippen MR) is 92.0 cm³/mol. The van der Waals surface area contributed by atoms with E-state index in [1.165, 1.54) is 5.56 Å². The molecule has 0 amide bonds. The summed E-state index contributed by atoms with van der Waals surface area (Å²) in [5.41, 5.74) is 2.58. The van der Waals surface area contributed by atoms with Crippen LogP contribution in [0.3, 0.4) is 0 Å². The number of hydrogen-bond acceptors (Lipinski definition) is 3. The number of imidazole rings is 1. The van der Waals surface area contributed by atoms with Crippen LogP contribution in [0.4, 0.5) is 0 Å². The zero-order valence-corrected chi connectivity index (χ0v) is 13.7. The van der Waals surface area contributed by atoms with E-state index in [4.69, 9.17) is 0 Å². The zero-order chi connectivity index (χ0) is 16.3. The van der Waals surface area contributed by atoms with Gasteiger partial charge in [-0.3, -0.25) is 4.90 Å². The number of rotatable bonds is 6. The molecule has 0 fully saturated rings. The molecule has 0 spiro atoms. The highest BCUT2D eigenvalue weighted by molar-refractivity contribution is 5.39. The van der Waals surface area contributed by atoms with Crippen molar-refractivity contribution in [1.82, 2.24) is 14.3 Å². The van der Waals surface area contributed by atoms with Crippen molar-refractivity contribution in [2.24, 2.45) is 0 Å². The van der Waals surface area contributed by atoms with Gasteiger partial charge in [0.05, 0.1) is 17.5 Å². The molecule has 0 bridgehead atoms. The monoisotopic (exact) mass is 309 g/mol. The fourth-order valence-corrected chi connectivity index (χ4v) is 2.89. The molecule has 4 nitrogen and oxygen atoms in total. The minimum atomic E-state index is -0.741. The molecule has 2 aromatic heterocycles. The predicted octanol–water partition coefficient (Wildman–Crippen LogP) is 3.11. The summed E-state index contributed by atoms with van der Waals surface area (Å²) in [7, 11) is 0. The van der Waals surface area contributed by atoms with Gasteiger partial charge in [0, 0.05) is 25.8 Å². The summed E-state index contributed by atoms with van der Waals surface area (Å²) in [5, 5.41) is 10.2. The Kier molecular flexibility index (Phi) is 4.46. The van der Waals surface area contributed by atoms with Crippen LogP contribution in [0.25, 0.3) is 5.65 Å². The van der Waals surface area contributed by atoms with Crippen LogP contribution in [0, 0.1) is 0 Å². The summed E-state index contributed by atoms with van der Waals surface area (Å²) in [5.74, 6) is 0. The largest absolute Gasteiger partial charge is 0.389 e. The molecule has 4 heteroatoms. The Balaban J connectivity index is 1.83. The highest BCUT2D eigenvalue weighted by Crippen LogP contribution is 2.15. The Bertz CT molecular complexity index is 759. The maximum atomic E-state index is 10.2. The lowest BCUT2D eigenvalue weighted by atomic mass is 10.1. The summed E-state index contributed by atoms with van der Waals surface area (Å²) in [4.78, 5) is 6.70. The van der Waals surface area contributed by atoms with Gasteiger partial charge in [-0.25, -0.2) is 4.98 Å². The molecule has 0 aliphatic heterocycles. The average molecular weight is 309 g/mol. The van der Waals surface area contributed by atoms with Gasteiger partial charge in [-0.1, -0.05) is 36.4 Å². The smallest absolute Gasteiger partial charge is 0.136 e. The number of hydrogen-bond donors (Lipinski definition) is 1. The number of nitrogens with zero attached hydrogens (tertiary/aromatic N) is 3. The van der Waals surface area contributed by atoms with Gasteiger partial charge < -0.3 is 9.51 Å². The molecule has 0 unspecified atom stereocenters. The fourth-order valence-electron chi connectivity index (χ4n) is 2.89. The minimum Gasteiger partial charge on any atom is -0.389 e. The summed E-state index contributed by atoms with van der Waals surface area (Å²) >= 11 is 0. The second-order valence-electron chi connectivity index (χ2n) is 6.62. The van der Waals surface area contributed by atoms with Gasteiger partial charge in [0.25, 0.3) is 0 Å². The second kappa shape index (κ2) is 6.52. The van der Waals surface area contributed by atoms with Crippen molar-refractivity contribution < 1.29 is 5.11 Å². The number of aliphatic hydroxyl groups is 1. The van der Waals surface area contributed by atoms with E-state index in [9.17, 15) is 5.11 Å². The van der Waals surface area contributed by atoms with E-state index in [2.05, 4.69) is 26.4 Å². The number of aromatic nitrogens is 2. The third kappa shape index (κ3) is 4.18. The van der Waals surface area contributed by atoms with Gasteiger partial charge in [0.1, 0.15) is 5.65 Å². The Morgan fingerprint density at radius 1 is 1.04 bits per heavy atom. The van der Waals surface area contributed by atoms with E-state index >= 15 is 0 Å². The first kappa shape index (κ1) is 15.7. The lowest BCUT2D eigenvalue weighted by Gasteiger charge is -2.29. The SMILES string of the molecule is CC(C)(O)CN(Cc1ccccc1)Cc1cnc2ccccn12. The van der Waals surface area contributed by atoms with E-state index in [1.54, 1.807) is 0 Å². The van der Waals surface area contributed by atoms with E-state index in [0.29, 0.717) is 6.54 Å². The van der Waals surface area contributed by atoms with Gasteiger partial charge in [0.15, 0.2) is 0 Å². The summed E-state index contributed by atoms with van der Waals surface area (Å²) in [6.07, 6.45) is 3.94. The second-order valence-corrected chi connectivity index (χ2v) is 6.62. The molecule has 0 saturated heterocycles. The van der Waals surface area contributed by atoms with Gasteiger partial charge in [0.2, 0.25) is 0 Å². The lowest BCUT2D eigenvalue weighted by molar-refractivity contribution is 0.0302. The minimum absolute atomic E-state index is 0.599. The summed E-state index contributed by atoms with van der Waals surface area (Å²) < 4.78 is 2.10. The average Bonchev–Trinajstić information content (AvgIpc) is 2.90. The summed E-state index contributed by atoms with van der Waals surface area (Å²) in [6.45, 7) is 5.83. The Hall–Kier alpha value is -2.17. The zero-order valence-electron chi connectivity index (χ0n) is 13.7. The van der Waals surface area contributed by atoms with Crippen LogP contribution in [-0.2, 0) is 13.1 Å². The fraction of sp³-hybridized carbons (Fsp3) is 0.316. The Morgan fingerprint density at radius 2 is 1.78 bits per heavy atom. The van der Waals surface area contributed by atoms with E-state index in [1.807, 2.05) is 62.6 Å². The van der Waals surface area contributed by atoms with Crippen molar-refractivity contribution >= 4 is 5.65 Å². The highest BCUT2D eigenvalue weighted by Gasteiger charge is 2.19. The van der Waals surface area contributed by atoms with Crippen LogP contribution in [0.1, 0.15) is 25.1 Å². The molecule has 120 valence electrons. The highest BCUT2D eigenvalue weighted by atomic mass is 16.3. The molecule has 0 aliphatic rings. The van der Waals surface area contributed by atoms with Crippen LogP contribution in [0.15, 0.2) is 60.9 Å². The number of benzene rings is 1. The van der Waals surface area contributed by atoms with Gasteiger partial charge in [-0.15, -0.1) is 0 Å². The maximum Gasteiger partial charge on any atom is 0.136 e. The molecular formula is C19H23N3O. The van der Waals surface area contributed by atoms with Crippen molar-refractivity contribution in [3.8, 4) is 0 Å². The lowest BCUT2D eigenvalue weighted by Crippen LogP contribution is -2.38. The van der Waals surface area contributed by atoms with Crippen molar-refractivity contribution in [3.63, 3.8) is 0 Å². The van der Waals surface area contributed by atoms with Gasteiger partial charge in [-0.2, -0.15) is 0 Å². The molecule has 0 radical (unpaired) electrons. The molecule has 1 N–H and O–H groups in total. The Labute approximate surface area is 137 Å². The van der Waals surface area contributed by atoms with Crippen molar-refractivity contribution in [2.45, 2.75) is 32.5 Å². The van der Waals surface area contributed by atoms with Gasteiger partial charge >= 0.3 is 0 Å². The van der Waals surface area contributed by atoms with Crippen LogP contribution in [-0.4, -0.2) is 31.5 Å². The van der Waals surface area contributed by atoms with Crippen LogP contribution in [0.5, 0.6) is 0 Å². The molecule has 0 aliphatic carbocycles. The van der Waals surface area contributed by atoms with Crippen molar-refractivity contribution in [2.75, 3.05) is 6.54 Å². The molecule has 3 aromatic rings. The normalized spacial score (nSPS) is 12.2. The topological polar surface area (TPSA) is 40.8 Å². The maximum absolute atomic E-state index is 10.2. The van der Waals surface area contributed by atoms with Crippen LogP contribution >= 0.6 is 0 Å². The number of pyridine rings is 1. The van der Waals surface area contributed by atoms with E-state index < -0.39 is 5.60 Å². The third-order valence-corrected chi connectivity index (χ3v) is 3.74. The van der Waals surface area contributed by atoms with E-state index in [-0.39, 0.29) is 0 Å². The van der Waals surface area contributed by atoms with Crippen molar-refractivity contribution in [1.29, 1.82) is 0 Å². The molecule has 0 atom stereocenters. The molecule has 2 heterocycles. The first-order valence-electron chi connectivity index (χ1n) is 7.91. The van der Waals surface area contributed by atoms with Crippen LogP contribution in [0.2, 0.25) is 0 Å². The Morgan fingerprint density at radius 3 is 2.52 bits per heavy atom. The quantitative estimate of drug-likeness (QED) is 0.760. The van der Waals surface area contributed by atoms with Crippen LogP contribution < -0.4 is 0 Å². The van der Waals surface area contributed by atoms with E-state index in [0.717, 1.165) is 24.4 Å². The first-order valence-corrected chi connectivity index (χ1v) is 7.91. The molecule has 1 aromatic carbocycles.